The third kappa shape index (κ3) is 2.96. The summed E-state index contributed by atoms with van der Waals surface area (Å²) in [6.07, 6.45) is 2.11. The Kier molecular flexibility index (Phi) is 3.79. The Labute approximate surface area is 143 Å². The highest BCUT2D eigenvalue weighted by atomic mass is 35.5. The highest BCUT2D eigenvalue weighted by Crippen LogP contribution is 2.34. The normalized spacial score (nSPS) is 16.1. The molecule has 0 aliphatic carbocycles. The molecule has 0 atom stereocenters. The van der Waals surface area contributed by atoms with Crippen LogP contribution in [0.15, 0.2) is 30.3 Å². The molecule has 5 nitrogen and oxygen atoms in total. The Balaban J connectivity index is 1.50. The Morgan fingerprint density at radius 3 is 2.65 bits per heavy atom. The van der Waals surface area contributed by atoms with Gasteiger partial charge in [-0.3, -0.25) is 0 Å². The lowest BCUT2D eigenvalue weighted by Crippen LogP contribution is -2.33. The lowest BCUT2D eigenvalue weighted by molar-refractivity contribution is 0.501. The van der Waals surface area contributed by atoms with Crippen LogP contribution in [0.25, 0.3) is 10.2 Å². The molecule has 2 N–H and O–H groups in total. The molecule has 1 aliphatic rings. The monoisotopic (exact) mass is 345 g/mol. The molecule has 0 unspecified atom stereocenters. The number of anilines is 2. The molecule has 1 aromatic carbocycles. The van der Waals surface area contributed by atoms with E-state index in [1.54, 1.807) is 6.07 Å². The van der Waals surface area contributed by atoms with E-state index in [0.717, 1.165) is 37.3 Å². The molecule has 1 saturated heterocycles. The van der Waals surface area contributed by atoms with Crippen molar-refractivity contribution in [1.29, 1.82) is 0 Å². The number of nitrogens with zero attached hydrogens (tertiary/aromatic N) is 4. The largest absolute Gasteiger partial charge is 0.368 e. The summed E-state index contributed by atoms with van der Waals surface area (Å²) in [7, 11) is 0. The average molecular weight is 346 g/mol. The first-order valence-electron chi connectivity index (χ1n) is 7.59. The molecular formula is C16H16ClN5S. The predicted octanol–water partition coefficient (Wildman–Crippen LogP) is 3.71. The molecule has 0 spiro atoms. The van der Waals surface area contributed by atoms with Gasteiger partial charge in [-0.25, -0.2) is 9.97 Å². The van der Waals surface area contributed by atoms with E-state index in [1.807, 2.05) is 17.4 Å². The number of hydrogen-bond acceptors (Lipinski definition) is 6. The van der Waals surface area contributed by atoms with E-state index in [2.05, 4.69) is 33.1 Å². The number of thiazole rings is 1. The molecule has 0 saturated carbocycles. The molecule has 3 aromatic rings. The number of para-hydroxylation sites is 1. The first kappa shape index (κ1) is 14.7. The zero-order chi connectivity index (χ0) is 15.8. The van der Waals surface area contributed by atoms with Crippen LogP contribution in [0.3, 0.4) is 0 Å². The van der Waals surface area contributed by atoms with Crippen molar-refractivity contribution >= 4 is 44.9 Å². The second-order valence-electron chi connectivity index (χ2n) is 5.69. The van der Waals surface area contributed by atoms with Crippen LogP contribution in [-0.2, 0) is 0 Å². The van der Waals surface area contributed by atoms with Crippen molar-refractivity contribution in [2.75, 3.05) is 23.7 Å². The first-order chi connectivity index (χ1) is 11.2. The van der Waals surface area contributed by atoms with Gasteiger partial charge in [0, 0.05) is 25.1 Å². The van der Waals surface area contributed by atoms with Gasteiger partial charge in [0.2, 0.25) is 5.95 Å². The molecule has 118 valence electrons. The van der Waals surface area contributed by atoms with Crippen molar-refractivity contribution in [1.82, 2.24) is 15.0 Å². The number of nitrogens with two attached hydrogens (primary N) is 1. The summed E-state index contributed by atoms with van der Waals surface area (Å²) in [5.41, 5.74) is 6.79. The van der Waals surface area contributed by atoms with Crippen LogP contribution in [0.1, 0.15) is 23.8 Å². The minimum absolute atomic E-state index is 0.223. The van der Waals surface area contributed by atoms with E-state index in [0.29, 0.717) is 11.1 Å². The molecule has 4 rings (SSSR count). The van der Waals surface area contributed by atoms with E-state index in [4.69, 9.17) is 22.3 Å². The Bertz CT molecular complexity index is 788. The molecule has 0 radical (unpaired) electrons. The number of halogens is 1. The first-order valence-corrected chi connectivity index (χ1v) is 8.79. The van der Waals surface area contributed by atoms with Crippen LogP contribution >= 0.6 is 22.9 Å². The molecule has 3 heterocycles. The van der Waals surface area contributed by atoms with Crippen LogP contribution < -0.4 is 10.6 Å². The highest BCUT2D eigenvalue weighted by Gasteiger charge is 2.24. The summed E-state index contributed by atoms with van der Waals surface area (Å²) in [6, 6.07) is 10.1. The number of aromatic nitrogens is 3. The summed E-state index contributed by atoms with van der Waals surface area (Å²) >= 11 is 7.78. The predicted molar refractivity (Wildman–Crippen MR) is 95.3 cm³/mol. The molecule has 2 aromatic heterocycles. The van der Waals surface area contributed by atoms with E-state index in [1.165, 1.54) is 9.71 Å². The molecule has 23 heavy (non-hydrogen) atoms. The summed E-state index contributed by atoms with van der Waals surface area (Å²) < 4.78 is 1.26. The Morgan fingerprint density at radius 2 is 1.91 bits per heavy atom. The maximum atomic E-state index is 5.97. The number of fused-ring (bicyclic) bond motifs is 1. The van der Waals surface area contributed by atoms with Gasteiger partial charge < -0.3 is 10.6 Å². The van der Waals surface area contributed by atoms with Crippen molar-refractivity contribution in [2.45, 2.75) is 18.8 Å². The fourth-order valence-corrected chi connectivity index (χ4v) is 4.33. The van der Waals surface area contributed by atoms with E-state index in [-0.39, 0.29) is 5.95 Å². The highest BCUT2D eigenvalue weighted by molar-refractivity contribution is 7.18. The maximum absolute atomic E-state index is 5.97. The van der Waals surface area contributed by atoms with Gasteiger partial charge in [0.05, 0.1) is 15.2 Å². The molecule has 0 bridgehead atoms. The van der Waals surface area contributed by atoms with Gasteiger partial charge in [-0.1, -0.05) is 23.7 Å². The van der Waals surface area contributed by atoms with Gasteiger partial charge in [-0.2, -0.15) is 4.98 Å². The lowest BCUT2D eigenvalue weighted by atomic mass is 9.97. The maximum Gasteiger partial charge on any atom is 0.223 e. The van der Waals surface area contributed by atoms with Crippen molar-refractivity contribution < 1.29 is 0 Å². The quantitative estimate of drug-likeness (QED) is 0.717. The summed E-state index contributed by atoms with van der Waals surface area (Å²) in [5, 5.41) is 1.63. The third-order valence-electron chi connectivity index (χ3n) is 4.18. The third-order valence-corrected chi connectivity index (χ3v) is 5.57. The zero-order valence-electron chi connectivity index (χ0n) is 12.4. The minimum atomic E-state index is 0.223. The average Bonchev–Trinajstić information content (AvgIpc) is 2.98. The van der Waals surface area contributed by atoms with Crippen molar-refractivity contribution in [3.63, 3.8) is 0 Å². The molecule has 7 heteroatoms. The molecule has 1 fully saturated rings. The summed E-state index contributed by atoms with van der Waals surface area (Å²) in [5.74, 6) is 1.55. The van der Waals surface area contributed by atoms with Crippen LogP contribution in [0, 0.1) is 0 Å². The fraction of sp³-hybridized carbons (Fsp3) is 0.312. The van der Waals surface area contributed by atoms with Gasteiger partial charge >= 0.3 is 0 Å². The number of nitrogen functional groups attached to an aromatic ring is 1. The number of hydrogen-bond donors (Lipinski definition) is 1. The number of benzene rings is 1. The van der Waals surface area contributed by atoms with Crippen LogP contribution in [0.4, 0.5) is 11.8 Å². The molecular weight excluding hydrogens is 330 g/mol. The van der Waals surface area contributed by atoms with Crippen LogP contribution in [0.2, 0.25) is 5.15 Å². The van der Waals surface area contributed by atoms with Crippen LogP contribution in [0.5, 0.6) is 0 Å². The topological polar surface area (TPSA) is 67.9 Å². The number of piperidine rings is 1. The fourth-order valence-electron chi connectivity index (χ4n) is 3.01. The Hall–Kier alpha value is -1.92. The van der Waals surface area contributed by atoms with Gasteiger partial charge in [0.15, 0.2) is 0 Å². The van der Waals surface area contributed by atoms with E-state index < -0.39 is 0 Å². The van der Waals surface area contributed by atoms with Gasteiger partial charge in [-0.15, -0.1) is 11.3 Å². The van der Waals surface area contributed by atoms with Crippen molar-refractivity contribution in [3.05, 3.63) is 40.5 Å². The smallest absolute Gasteiger partial charge is 0.223 e. The molecule has 0 amide bonds. The lowest BCUT2D eigenvalue weighted by Gasteiger charge is -2.32. The minimum Gasteiger partial charge on any atom is -0.368 e. The standard InChI is InChI=1S/C16H16ClN5S/c17-13-9-14(21-16(18)20-13)22-7-5-10(6-8-22)15-19-11-3-1-2-4-12(11)23-15/h1-4,9-10H,5-8H2,(H2,18,20,21). The molecule has 1 aliphatic heterocycles. The SMILES string of the molecule is Nc1nc(Cl)cc(N2CCC(c3nc4ccccc4s3)CC2)n1. The summed E-state index contributed by atoms with van der Waals surface area (Å²) in [6.45, 7) is 1.85. The zero-order valence-corrected chi connectivity index (χ0v) is 14.0. The second-order valence-corrected chi connectivity index (χ2v) is 7.14. The van der Waals surface area contributed by atoms with Crippen molar-refractivity contribution in [2.24, 2.45) is 0 Å². The van der Waals surface area contributed by atoms with Crippen LogP contribution in [-0.4, -0.2) is 28.0 Å². The second kappa shape index (κ2) is 5.94. The summed E-state index contributed by atoms with van der Waals surface area (Å²) in [4.78, 5) is 15.2. The Morgan fingerprint density at radius 1 is 1.13 bits per heavy atom. The van der Waals surface area contributed by atoms with Gasteiger partial charge in [0.1, 0.15) is 11.0 Å². The van der Waals surface area contributed by atoms with E-state index in [9.17, 15) is 0 Å². The van der Waals surface area contributed by atoms with Crippen molar-refractivity contribution in [3.8, 4) is 0 Å². The van der Waals surface area contributed by atoms with Gasteiger partial charge in [-0.05, 0) is 25.0 Å². The van der Waals surface area contributed by atoms with E-state index >= 15 is 0 Å². The number of rotatable bonds is 2. The van der Waals surface area contributed by atoms with Gasteiger partial charge in [0.25, 0.3) is 0 Å².